The third-order valence-electron chi connectivity index (χ3n) is 11.8. The Kier molecular flexibility index (Phi) is 9.84. The number of halogens is 5. The number of aromatic hydroxyl groups is 1. The molecule has 7 rings (SSSR count). The molecule has 4 aliphatic heterocycles. The summed E-state index contributed by atoms with van der Waals surface area (Å²) in [6.07, 6.45) is 2.80. The Morgan fingerprint density at radius 1 is 0.837 bits per heavy atom. The van der Waals surface area contributed by atoms with E-state index < -0.39 is 29.2 Å². The molecule has 0 unspecified atom stereocenters. The molecule has 4 saturated heterocycles. The number of nitrogens with zero attached hydrogens (tertiary/aromatic N) is 4. The Hall–Kier alpha value is -2.61. The van der Waals surface area contributed by atoms with Gasteiger partial charge in [0.2, 0.25) is 11.6 Å². The smallest absolute Gasteiger partial charge is 0.416 e. The number of piperidine rings is 1. The van der Waals surface area contributed by atoms with Crippen LogP contribution in [0.25, 0.3) is 0 Å². The normalized spacial score (nSPS) is 29.0. The van der Waals surface area contributed by atoms with Crippen molar-refractivity contribution in [2.75, 3.05) is 57.3 Å². The highest BCUT2D eigenvalue weighted by molar-refractivity contribution is 14.1. The van der Waals surface area contributed by atoms with E-state index in [1.807, 2.05) is 9.80 Å². The lowest BCUT2D eigenvalue weighted by Crippen LogP contribution is -2.50. The molecular formula is C37H45F4IN4O3. The molecule has 49 heavy (non-hydrogen) atoms. The van der Waals surface area contributed by atoms with Crippen molar-refractivity contribution < 1.29 is 32.3 Å². The Bertz CT molecular complexity index is 1520. The highest BCUT2D eigenvalue weighted by atomic mass is 127. The maximum Gasteiger partial charge on any atom is 0.416 e. The second-order valence-corrected chi connectivity index (χ2v) is 16.4. The minimum atomic E-state index is -4.52. The van der Waals surface area contributed by atoms with Gasteiger partial charge in [0.05, 0.1) is 5.56 Å². The highest BCUT2D eigenvalue weighted by Crippen LogP contribution is 2.47. The summed E-state index contributed by atoms with van der Waals surface area (Å²) in [5.74, 6) is -1.44. The van der Waals surface area contributed by atoms with E-state index in [0.717, 1.165) is 63.2 Å². The fraction of sp³-hybridized carbons (Fsp3) is 0.622. The van der Waals surface area contributed by atoms with Gasteiger partial charge in [-0.15, -0.1) is 0 Å². The molecule has 2 aromatic carbocycles. The SMILES string of the molecule is O=C(C1CCN(c2cc(C(F)(F)F)ccc2[C@H]2CN(C(=O)[C@]3(F)CN(C4CCCC4)C[C@H]3c3ccc(O)cc3)C[C@@H]2I)CC1)N1CCCC1. The summed E-state index contributed by atoms with van der Waals surface area (Å²) in [5.41, 5.74) is -0.998. The zero-order chi connectivity index (χ0) is 34.5. The van der Waals surface area contributed by atoms with E-state index in [2.05, 4.69) is 27.5 Å². The van der Waals surface area contributed by atoms with E-state index in [1.165, 1.54) is 18.2 Å². The number of amides is 2. The van der Waals surface area contributed by atoms with Crippen LogP contribution in [0.4, 0.5) is 23.2 Å². The van der Waals surface area contributed by atoms with Crippen LogP contribution in [0.15, 0.2) is 42.5 Å². The molecule has 1 aliphatic carbocycles. The largest absolute Gasteiger partial charge is 0.508 e. The topological polar surface area (TPSA) is 67.3 Å². The van der Waals surface area contributed by atoms with Crippen LogP contribution in [-0.2, 0) is 15.8 Å². The van der Waals surface area contributed by atoms with Gasteiger partial charge in [-0.1, -0.05) is 53.6 Å². The number of alkyl halides is 5. The monoisotopic (exact) mass is 796 g/mol. The van der Waals surface area contributed by atoms with Gasteiger partial charge in [-0.3, -0.25) is 14.5 Å². The van der Waals surface area contributed by atoms with Crippen LogP contribution in [0.1, 0.15) is 79.9 Å². The lowest BCUT2D eigenvalue weighted by atomic mass is 9.85. The van der Waals surface area contributed by atoms with E-state index in [0.29, 0.717) is 50.3 Å². The van der Waals surface area contributed by atoms with Gasteiger partial charge in [-0.25, -0.2) is 4.39 Å². The first-order chi connectivity index (χ1) is 23.4. The van der Waals surface area contributed by atoms with Crippen LogP contribution in [0.3, 0.4) is 0 Å². The Morgan fingerprint density at radius 3 is 2.16 bits per heavy atom. The van der Waals surface area contributed by atoms with Gasteiger partial charge in [-0.05, 0) is 73.9 Å². The van der Waals surface area contributed by atoms with Crippen molar-refractivity contribution in [3.05, 3.63) is 59.2 Å². The maximum atomic E-state index is 17.5. The van der Waals surface area contributed by atoms with E-state index in [-0.39, 0.29) is 46.5 Å². The molecule has 7 nitrogen and oxygen atoms in total. The Balaban J connectivity index is 1.13. The van der Waals surface area contributed by atoms with Gasteiger partial charge >= 0.3 is 6.18 Å². The number of carbonyl (C=O) groups excluding carboxylic acids is 2. The number of carbonyl (C=O) groups is 2. The summed E-state index contributed by atoms with van der Waals surface area (Å²) >= 11 is 2.27. The first-order valence-electron chi connectivity index (χ1n) is 17.8. The lowest BCUT2D eigenvalue weighted by molar-refractivity contribution is -0.143. The summed E-state index contributed by atoms with van der Waals surface area (Å²) in [6.45, 7) is 3.43. The number of phenolic OH excluding ortho intramolecular Hbond substituents is 1. The molecular weight excluding hydrogens is 751 g/mol. The fourth-order valence-corrected chi connectivity index (χ4v) is 10.1. The van der Waals surface area contributed by atoms with Crippen LogP contribution >= 0.6 is 22.6 Å². The molecule has 2 aromatic rings. The van der Waals surface area contributed by atoms with Gasteiger partial charge in [0.1, 0.15) is 5.75 Å². The van der Waals surface area contributed by atoms with Gasteiger partial charge in [0.25, 0.3) is 5.91 Å². The van der Waals surface area contributed by atoms with Crippen LogP contribution in [0.2, 0.25) is 0 Å². The van der Waals surface area contributed by atoms with Gasteiger partial charge < -0.3 is 19.8 Å². The molecule has 0 bridgehead atoms. The van der Waals surface area contributed by atoms with Crippen molar-refractivity contribution in [2.45, 2.75) is 85.0 Å². The number of hydrogen-bond donors (Lipinski definition) is 1. The van der Waals surface area contributed by atoms with Crippen molar-refractivity contribution >= 4 is 40.1 Å². The van der Waals surface area contributed by atoms with Crippen molar-refractivity contribution in [2.24, 2.45) is 5.92 Å². The van der Waals surface area contributed by atoms with Crippen LogP contribution < -0.4 is 4.90 Å². The number of anilines is 1. The van der Waals surface area contributed by atoms with Crippen molar-refractivity contribution in [1.29, 1.82) is 0 Å². The quantitative estimate of drug-likeness (QED) is 0.200. The molecule has 266 valence electrons. The van der Waals surface area contributed by atoms with Gasteiger partial charge in [0.15, 0.2) is 0 Å². The molecule has 5 aliphatic rings. The third-order valence-corrected chi connectivity index (χ3v) is 13.1. The molecule has 1 N–H and O–H groups in total. The summed E-state index contributed by atoms with van der Waals surface area (Å²) < 4.78 is 59.4. The molecule has 1 saturated carbocycles. The molecule has 12 heteroatoms. The first kappa shape index (κ1) is 34.8. The molecule has 0 radical (unpaired) electrons. The first-order valence-corrected chi connectivity index (χ1v) is 19.1. The number of rotatable bonds is 6. The zero-order valence-corrected chi connectivity index (χ0v) is 29.8. The molecule has 0 aromatic heterocycles. The van der Waals surface area contributed by atoms with Crippen molar-refractivity contribution in [1.82, 2.24) is 14.7 Å². The number of phenols is 1. The van der Waals surface area contributed by atoms with Crippen LogP contribution in [-0.4, -0.2) is 99.6 Å². The van der Waals surface area contributed by atoms with Crippen molar-refractivity contribution in [3.63, 3.8) is 0 Å². The second-order valence-electron chi connectivity index (χ2n) is 14.8. The van der Waals surface area contributed by atoms with Crippen LogP contribution in [0.5, 0.6) is 5.75 Å². The standard InChI is InChI=1S/C37H45F4IN4O3/c38-36(23-46(27-5-1-2-6-27)21-31(36)24-7-10-28(47)11-8-24)35(49)45-20-30(32(42)22-45)29-12-9-26(37(39,40)41)19-33(29)43-17-13-25(14-18-43)34(48)44-15-3-4-16-44/h7-12,19,25,27,30-32,47H,1-6,13-18,20-23H2/t30-,31+,32+,36+/m1/s1. The van der Waals surface area contributed by atoms with Crippen LogP contribution in [0, 0.1) is 5.92 Å². The molecule has 4 atom stereocenters. The molecule has 4 heterocycles. The van der Waals surface area contributed by atoms with E-state index >= 15 is 4.39 Å². The third kappa shape index (κ3) is 6.89. The minimum Gasteiger partial charge on any atom is -0.508 e. The number of hydrogen-bond acceptors (Lipinski definition) is 5. The molecule has 0 spiro atoms. The van der Waals surface area contributed by atoms with Gasteiger partial charge in [0, 0.05) is 85.8 Å². The minimum absolute atomic E-state index is 0.00570. The summed E-state index contributed by atoms with van der Waals surface area (Å²) in [4.78, 5) is 35.1. The molecule has 5 fully saturated rings. The predicted molar refractivity (Wildman–Crippen MR) is 188 cm³/mol. The highest BCUT2D eigenvalue weighted by Gasteiger charge is 2.57. The lowest BCUT2D eigenvalue weighted by Gasteiger charge is -2.37. The molecule has 2 amide bonds. The van der Waals surface area contributed by atoms with E-state index in [9.17, 15) is 27.9 Å². The second kappa shape index (κ2) is 13.8. The summed E-state index contributed by atoms with van der Waals surface area (Å²) in [6, 6.07) is 10.6. The maximum absolute atomic E-state index is 17.5. The van der Waals surface area contributed by atoms with E-state index in [4.69, 9.17) is 0 Å². The Morgan fingerprint density at radius 2 is 1.51 bits per heavy atom. The number of benzene rings is 2. The van der Waals surface area contributed by atoms with Crippen molar-refractivity contribution in [3.8, 4) is 5.75 Å². The fourth-order valence-electron chi connectivity index (χ4n) is 9.05. The number of likely N-dealkylation sites (tertiary alicyclic amines) is 3. The predicted octanol–water partition coefficient (Wildman–Crippen LogP) is 6.73. The zero-order valence-electron chi connectivity index (χ0n) is 27.7. The Labute approximate surface area is 299 Å². The van der Waals surface area contributed by atoms with Gasteiger partial charge in [-0.2, -0.15) is 13.2 Å². The average molecular weight is 797 g/mol. The summed E-state index contributed by atoms with van der Waals surface area (Å²) in [7, 11) is 0. The summed E-state index contributed by atoms with van der Waals surface area (Å²) in [5, 5.41) is 9.90. The van der Waals surface area contributed by atoms with E-state index in [1.54, 1.807) is 23.1 Å². The average Bonchev–Trinajstić information content (AvgIpc) is 3.92.